The maximum absolute atomic E-state index is 10.7. The molecule has 0 aliphatic heterocycles. The van der Waals surface area contributed by atoms with Crippen LogP contribution in [0.5, 0.6) is 0 Å². The van der Waals surface area contributed by atoms with Crippen LogP contribution in [0.25, 0.3) is 0 Å². The summed E-state index contributed by atoms with van der Waals surface area (Å²) in [5, 5.41) is 0. The molecule has 6 heteroatoms. The number of thioether (sulfide) groups is 1. The van der Waals surface area contributed by atoms with E-state index in [-0.39, 0.29) is 5.97 Å². The summed E-state index contributed by atoms with van der Waals surface area (Å²) in [6.45, 7) is 2.66. The minimum Gasteiger partial charge on any atom is -0.466 e. The number of benzene rings is 1. The van der Waals surface area contributed by atoms with Crippen LogP contribution in [0, 0.1) is 0 Å². The first-order chi connectivity index (χ1) is 10.1. The Kier molecular flexibility index (Phi) is 5.68. The maximum Gasteiger partial charge on any atom is 0.302 e. The Labute approximate surface area is 128 Å². The van der Waals surface area contributed by atoms with Gasteiger partial charge in [0, 0.05) is 36.4 Å². The second-order valence-electron chi connectivity index (χ2n) is 4.59. The third-order valence-electron chi connectivity index (χ3n) is 2.90. The van der Waals surface area contributed by atoms with Crippen LogP contribution < -0.4 is 5.73 Å². The lowest BCUT2D eigenvalue weighted by Gasteiger charge is -2.08. The van der Waals surface area contributed by atoms with Crippen molar-refractivity contribution in [3.63, 3.8) is 0 Å². The molecule has 0 saturated carbocycles. The van der Waals surface area contributed by atoms with E-state index in [4.69, 9.17) is 10.5 Å². The Morgan fingerprint density at radius 3 is 2.86 bits per heavy atom. The van der Waals surface area contributed by atoms with Crippen LogP contribution in [0.4, 0.5) is 5.69 Å². The van der Waals surface area contributed by atoms with Crippen LogP contribution in [0.15, 0.2) is 41.6 Å². The normalized spacial score (nSPS) is 10.5. The molecule has 1 aromatic carbocycles. The lowest BCUT2D eigenvalue weighted by atomic mass is 10.3. The number of anilines is 1. The van der Waals surface area contributed by atoms with Gasteiger partial charge in [-0.25, -0.2) is 4.98 Å². The van der Waals surface area contributed by atoms with Crippen LogP contribution in [0.1, 0.15) is 19.2 Å². The zero-order valence-electron chi connectivity index (χ0n) is 12.0. The molecule has 112 valence electrons. The minimum absolute atomic E-state index is 0.236. The molecule has 21 heavy (non-hydrogen) atoms. The number of ether oxygens (including phenoxy) is 1. The first kappa shape index (κ1) is 15.4. The predicted octanol–water partition coefficient (Wildman–Crippen LogP) is 2.71. The quantitative estimate of drug-likeness (QED) is 0.368. The van der Waals surface area contributed by atoms with E-state index in [1.54, 1.807) is 18.0 Å². The molecule has 0 amide bonds. The van der Waals surface area contributed by atoms with E-state index >= 15 is 0 Å². The zero-order chi connectivity index (χ0) is 15.1. The fourth-order valence-electron chi connectivity index (χ4n) is 1.85. The second kappa shape index (κ2) is 7.73. The van der Waals surface area contributed by atoms with E-state index < -0.39 is 0 Å². The number of rotatable bonds is 7. The van der Waals surface area contributed by atoms with Gasteiger partial charge < -0.3 is 15.0 Å². The number of nitrogen functional groups attached to an aromatic ring is 1. The van der Waals surface area contributed by atoms with Crippen LogP contribution in [-0.2, 0) is 21.8 Å². The average molecular weight is 305 g/mol. The van der Waals surface area contributed by atoms with Crippen LogP contribution in [0.2, 0.25) is 0 Å². The molecular weight excluding hydrogens is 286 g/mol. The van der Waals surface area contributed by atoms with Gasteiger partial charge in [0.1, 0.15) is 5.82 Å². The van der Waals surface area contributed by atoms with Gasteiger partial charge in [-0.3, -0.25) is 4.79 Å². The average Bonchev–Trinajstić information content (AvgIpc) is 2.90. The van der Waals surface area contributed by atoms with E-state index in [1.807, 2.05) is 30.5 Å². The van der Waals surface area contributed by atoms with Gasteiger partial charge in [-0.1, -0.05) is 0 Å². The van der Waals surface area contributed by atoms with Crippen molar-refractivity contribution in [3.8, 4) is 0 Å². The molecule has 0 atom stereocenters. The number of carbonyl (C=O) groups excluding carboxylic acids is 1. The highest BCUT2D eigenvalue weighted by atomic mass is 32.2. The highest BCUT2D eigenvalue weighted by molar-refractivity contribution is 7.98. The maximum atomic E-state index is 10.7. The van der Waals surface area contributed by atoms with E-state index in [0.717, 1.165) is 30.2 Å². The summed E-state index contributed by atoms with van der Waals surface area (Å²) in [5.41, 5.74) is 6.44. The first-order valence-corrected chi connectivity index (χ1v) is 7.75. The molecule has 0 spiro atoms. The Morgan fingerprint density at radius 1 is 1.38 bits per heavy atom. The second-order valence-corrected chi connectivity index (χ2v) is 5.64. The number of nitrogens with zero attached hydrogens (tertiary/aromatic N) is 2. The SMILES string of the molecule is CC(=O)OCCCn1ccnc1CSc1ccc(N)cc1. The van der Waals surface area contributed by atoms with Crippen molar-refractivity contribution >= 4 is 23.4 Å². The van der Waals surface area contributed by atoms with Crippen molar-refractivity contribution in [3.05, 3.63) is 42.5 Å². The first-order valence-electron chi connectivity index (χ1n) is 6.77. The number of hydrogen-bond acceptors (Lipinski definition) is 5. The summed E-state index contributed by atoms with van der Waals surface area (Å²) in [6.07, 6.45) is 4.53. The Balaban J connectivity index is 1.82. The van der Waals surface area contributed by atoms with Crippen LogP contribution in [-0.4, -0.2) is 22.1 Å². The molecular formula is C15H19N3O2S. The summed E-state index contributed by atoms with van der Waals surface area (Å²) < 4.78 is 7.02. The molecule has 1 aromatic heterocycles. The molecule has 2 aromatic rings. The topological polar surface area (TPSA) is 70.1 Å². The molecule has 0 unspecified atom stereocenters. The molecule has 0 radical (unpaired) electrons. The van der Waals surface area contributed by atoms with E-state index in [9.17, 15) is 4.79 Å². The third-order valence-corrected chi connectivity index (χ3v) is 3.91. The van der Waals surface area contributed by atoms with Gasteiger partial charge in [0.05, 0.1) is 12.4 Å². The lowest BCUT2D eigenvalue weighted by molar-refractivity contribution is -0.141. The monoisotopic (exact) mass is 305 g/mol. The zero-order valence-corrected chi connectivity index (χ0v) is 12.8. The molecule has 0 bridgehead atoms. The molecule has 0 fully saturated rings. The van der Waals surface area contributed by atoms with Crippen LogP contribution in [0.3, 0.4) is 0 Å². The molecule has 2 rings (SSSR count). The van der Waals surface area contributed by atoms with E-state index in [0.29, 0.717) is 6.61 Å². The van der Waals surface area contributed by atoms with Crippen molar-refractivity contribution in [2.75, 3.05) is 12.3 Å². The van der Waals surface area contributed by atoms with Crippen molar-refractivity contribution in [2.24, 2.45) is 0 Å². The summed E-state index contributed by atoms with van der Waals surface area (Å²) in [5.74, 6) is 1.57. The Hall–Kier alpha value is -1.95. The fourth-order valence-corrected chi connectivity index (χ4v) is 2.71. The van der Waals surface area contributed by atoms with Gasteiger partial charge in [0.15, 0.2) is 0 Å². The van der Waals surface area contributed by atoms with Crippen molar-refractivity contribution in [1.29, 1.82) is 0 Å². The Bertz CT molecular complexity index is 581. The van der Waals surface area contributed by atoms with E-state index in [2.05, 4.69) is 9.55 Å². The summed E-state index contributed by atoms with van der Waals surface area (Å²) in [4.78, 5) is 16.2. The molecule has 5 nitrogen and oxygen atoms in total. The predicted molar refractivity (Wildman–Crippen MR) is 83.9 cm³/mol. The largest absolute Gasteiger partial charge is 0.466 e. The van der Waals surface area contributed by atoms with Gasteiger partial charge in [0.25, 0.3) is 0 Å². The van der Waals surface area contributed by atoms with Crippen molar-refractivity contribution in [2.45, 2.75) is 30.5 Å². The number of imidazole rings is 1. The van der Waals surface area contributed by atoms with Gasteiger partial charge in [-0.2, -0.15) is 0 Å². The van der Waals surface area contributed by atoms with E-state index in [1.165, 1.54) is 11.8 Å². The number of carbonyl (C=O) groups is 1. The molecule has 0 saturated heterocycles. The minimum atomic E-state index is -0.236. The molecule has 1 heterocycles. The summed E-state index contributed by atoms with van der Waals surface area (Å²) >= 11 is 1.72. The van der Waals surface area contributed by atoms with Gasteiger partial charge >= 0.3 is 5.97 Å². The standard InChI is InChI=1S/C15H19N3O2S/c1-12(19)20-10-2-8-18-9-7-17-15(18)11-21-14-5-3-13(16)4-6-14/h3-7,9H,2,8,10-11,16H2,1H3. The number of hydrogen-bond donors (Lipinski definition) is 1. The number of aromatic nitrogens is 2. The highest BCUT2D eigenvalue weighted by Crippen LogP contribution is 2.23. The fraction of sp³-hybridized carbons (Fsp3) is 0.333. The molecule has 0 aliphatic rings. The summed E-state index contributed by atoms with van der Waals surface area (Å²) in [7, 11) is 0. The third kappa shape index (κ3) is 5.15. The van der Waals surface area contributed by atoms with Gasteiger partial charge in [0.2, 0.25) is 0 Å². The van der Waals surface area contributed by atoms with Crippen LogP contribution >= 0.6 is 11.8 Å². The van der Waals surface area contributed by atoms with Gasteiger partial charge in [-0.05, 0) is 30.7 Å². The van der Waals surface area contributed by atoms with Crippen molar-refractivity contribution < 1.29 is 9.53 Å². The molecule has 2 N–H and O–H groups in total. The van der Waals surface area contributed by atoms with Gasteiger partial charge in [-0.15, -0.1) is 11.8 Å². The highest BCUT2D eigenvalue weighted by Gasteiger charge is 2.04. The summed E-state index contributed by atoms with van der Waals surface area (Å²) in [6, 6.07) is 7.81. The molecule has 0 aliphatic carbocycles. The smallest absolute Gasteiger partial charge is 0.302 e. The number of aryl methyl sites for hydroxylation is 1. The van der Waals surface area contributed by atoms with Crippen molar-refractivity contribution in [1.82, 2.24) is 9.55 Å². The number of esters is 1. The number of nitrogens with two attached hydrogens (primary N) is 1. The lowest BCUT2D eigenvalue weighted by Crippen LogP contribution is -2.07. The Morgan fingerprint density at radius 2 is 2.14 bits per heavy atom.